The van der Waals surface area contributed by atoms with Gasteiger partial charge in [0.05, 0.1) is 18.9 Å². The van der Waals surface area contributed by atoms with Gasteiger partial charge in [-0.25, -0.2) is 0 Å². The summed E-state index contributed by atoms with van der Waals surface area (Å²) in [7, 11) is 3.22. The van der Waals surface area contributed by atoms with Gasteiger partial charge in [-0.05, 0) is 24.1 Å². The highest BCUT2D eigenvalue weighted by Gasteiger charge is 2.37. The number of aromatic hydroxyl groups is 1. The van der Waals surface area contributed by atoms with Crippen molar-refractivity contribution in [2.45, 2.75) is 32.7 Å². The molecule has 9 nitrogen and oxygen atoms in total. The van der Waals surface area contributed by atoms with Gasteiger partial charge in [-0.2, -0.15) is 0 Å². The van der Waals surface area contributed by atoms with Crippen LogP contribution in [0.25, 0.3) is 11.3 Å². The largest absolute Gasteiger partial charge is 0.504 e. The number of fused-ring (bicyclic) bond motifs is 3. The molecule has 0 aliphatic carbocycles. The first-order chi connectivity index (χ1) is 15.2. The molecule has 1 aliphatic heterocycles. The molecule has 1 atom stereocenters. The lowest BCUT2D eigenvalue weighted by molar-refractivity contribution is 0.0623. The summed E-state index contributed by atoms with van der Waals surface area (Å²) >= 11 is 0. The van der Waals surface area contributed by atoms with Crippen LogP contribution in [0.5, 0.6) is 11.5 Å². The Morgan fingerprint density at radius 1 is 1.22 bits per heavy atom. The molecule has 0 fully saturated rings. The van der Waals surface area contributed by atoms with Crippen molar-refractivity contribution in [2.75, 3.05) is 34.0 Å². The van der Waals surface area contributed by atoms with Gasteiger partial charge >= 0.3 is 5.91 Å². The third-order valence-corrected chi connectivity index (χ3v) is 5.77. The maximum Gasteiger partial charge on any atom is 0.322 e. The molecule has 1 aliphatic rings. The number of ether oxygens (including phenoxy) is 3. The number of methoxy groups -OCH3 is 2. The van der Waals surface area contributed by atoms with E-state index in [0.29, 0.717) is 49.7 Å². The molecule has 1 amide bonds. The van der Waals surface area contributed by atoms with E-state index in [0.717, 1.165) is 5.56 Å². The number of carbonyl (C=O) groups excluding carboxylic acids is 1. The lowest BCUT2D eigenvalue weighted by atomic mass is 9.77. The number of amides is 1. The molecule has 9 heteroatoms. The van der Waals surface area contributed by atoms with E-state index >= 15 is 0 Å². The zero-order valence-corrected chi connectivity index (χ0v) is 18.7. The molecule has 0 saturated heterocycles. The van der Waals surface area contributed by atoms with E-state index in [1.54, 1.807) is 30.9 Å². The Balaban J connectivity index is 2.14. The van der Waals surface area contributed by atoms with Crippen LogP contribution in [0, 0.1) is 10.3 Å². The van der Waals surface area contributed by atoms with Gasteiger partial charge in [0, 0.05) is 61.7 Å². The van der Waals surface area contributed by atoms with Crippen molar-refractivity contribution < 1.29 is 24.1 Å². The third kappa shape index (κ3) is 4.58. The molecule has 0 unspecified atom stereocenters. The fourth-order valence-electron chi connectivity index (χ4n) is 4.18. The van der Waals surface area contributed by atoms with Crippen LogP contribution in [0.2, 0.25) is 0 Å². The molecular formula is C23H28N2O7. The Hall–Kier alpha value is -3.04. The number of pyridine rings is 1. The first-order valence-electron chi connectivity index (χ1n) is 10.3. The highest BCUT2D eigenvalue weighted by atomic mass is 16.5. The number of carbonyl (C=O) groups is 1. The molecule has 1 aromatic heterocycles. The highest BCUT2D eigenvalue weighted by molar-refractivity contribution is 5.94. The van der Waals surface area contributed by atoms with Gasteiger partial charge in [-0.3, -0.25) is 9.59 Å². The first kappa shape index (κ1) is 23.6. The van der Waals surface area contributed by atoms with Crippen LogP contribution in [0.1, 0.15) is 42.2 Å². The van der Waals surface area contributed by atoms with E-state index in [2.05, 4.69) is 5.18 Å². The Kier molecular flexibility index (Phi) is 7.10. The smallest absolute Gasteiger partial charge is 0.322 e. The summed E-state index contributed by atoms with van der Waals surface area (Å²) in [6.07, 6.45) is 2.60. The number of nitroso groups, excluding NO2 is 1. The lowest BCUT2D eigenvalue weighted by Crippen LogP contribution is -2.37. The number of hydrogen-bond acceptors (Lipinski definition) is 7. The second-order valence-electron chi connectivity index (χ2n) is 8.55. The number of benzene rings is 1. The molecule has 0 bridgehead atoms. The van der Waals surface area contributed by atoms with E-state index in [4.69, 9.17) is 14.2 Å². The van der Waals surface area contributed by atoms with Crippen molar-refractivity contribution in [3.8, 4) is 22.8 Å². The fourth-order valence-corrected chi connectivity index (χ4v) is 4.18. The van der Waals surface area contributed by atoms with Crippen molar-refractivity contribution in [3.63, 3.8) is 0 Å². The summed E-state index contributed by atoms with van der Waals surface area (Å²) in [6, 6.07) is 4.46. The van der Waals surface area contributed by atoms with Gasteiger partial charge in [-0.15, -0.1) is 4.91 Å². The van der Waals surface area contributed by atoms with Crippen LogP contribution in [0.3, 0.4) is 0 Å². The van der Waals surface area contributed by atoms with E-state index in [9.17, 15) is 19.6 Å². The van der Waals surface area contributed by atoms with Gasteiger partial charge in [0.2, 0.25) is 0 Å². The van der Waals surface area contributed by atoms with E-state index < -0.39 is 11.3 Å². The summed E-state index contributed by atoms with van der Waals surface area (Å²) in [4.78, 5) is 35.3. The predicted molar refractivity (Wildman–Crippen MR) is 118 cm³/mol. The van der Waals surface area contributed by atoms with Crippen molar-refractivity contribution >= 4 is 5.91 Å². The maximum absolute atomic E-state index is 12.6. The zero-order chi connectivity index (χ0) is 23.5. The average molecular weight is 444 g/mol. The fraction of sp³-hybridized carbons (Fsp3) is 0.478. The normalized spacial score (nSPS) is 15.1. The van der Waals surface area contributed by atoms with Crippen LogP contribution in [0.15, 0.2) is 34.4 Å². The minimum absolute atomic E-state index is 0.0514. The molecule has 0 saturated carbocycles. The monoisotopic (exact) mass is 444 g/mol. The summed E-state index contributed by atoms with van der Waals surface area (Å²) in [5.74, 6) is -0.803. The molecule has 32 heavy (non-hydrogen) atoms. The van der Waals surface area contributed by atoms with Crippen LogP contribution in [0.4, 0.5) is 0 Å². The molecular weight excluding hydrogens is 416 g/mol. The second kappa shape index (κ2) is 9.62. The topological polar surface area (TPSA) is 116 Å². The summed E-state index contributed by atoms with van der Waals surface area (Å²) < 4.78 is 18.0. The van der Waals surface area contributed by atoms with E-state index in [1.165, 1.54) is 12.3 Å². The van der Waals surface area contributed by atoms with Crippen LogP contribution in [-0.4, -0.2) is 49.6 Å². The Bertz CT molecular complexity index is 1070. The Morgan fingerprint density at radius 3 is 2.62 bits per heavy atom. The Labute approximate surface area is 185 Å². The van der Waals surface area contributed by atoms with Crippen molar-refractivity contribution in [1.82, 2.24) is 4.57 Å². The van der Waals surface area contributed by atoms with Crippen LogP contribution < -0.4 is 10.2 Å². The molecule has 1 aromatic carbocycles. The van der Waals surface area contributed by atoms with Crippen molar-refractivity contribution in [1.29, 1.82) is 0 Å². The number of phenols is 1. The molecule has 1 N–H and O–H groups in total. The molecule has 0 spiro atoms. The number of phenolic OH excluding ortho intramolecular Hbond substituents is 1. The standard InChI is InChI=1S/C23H28N2O7/c1-23(2,13-31-4)21-9-14-8-20(32-7-5-6-30-3)19(27)10-15(14)17-11-18(26)16(12-25(17)21)22(28)24-29/h8,10-12,21,27H,5-7,9,13H2,1-4H3/t21-/m1/s1. The number of nitrogens with zero attached hydrogens (tertiary/aromatic N) is 2. The average Bonchev–Trinajstić information content (AvgIpc) is 2.75. The third-order valence-electron chi connectivity index (χ3n) is 5.77. The van der Waals surface area contributed by atoms with Crippen LogP contribution >= 0.6 is 0 Å². The van der Waals surface area contributed by atoms with Crippen LogP contribution in [-0.2, 0) is 15.9 Å². The molecule has 0 radical (unpaired) electrons. The number of aromatic nitrogens is 1. The highest BCUT2D eigenvalue weighted by Crippen LogP contribution is 2.45. The molecule has 2 heterocycles. The van der Waals surface area contributed by atoms with Crippen molar-refractivity contribution in [3.05, 3.63) is 50.7 Å². The number of rotatable bonds is 9. The molecule has 172 valence electrons. The van der Waals surface area contributed by atoms with Crippen molar-refractivity contribution in [2.24, 2.45) is 10.6 Å². The van der Waals surface area contributed by atoms with Gasteiger partial charge in [0.25, 0.3) is 0 Å². The van der Waals surface area contributed by atoms with Gasteiger partial charge in [-0.1, -0.05) is 13.8 Å². The lowest BCUT2D eigenvalue weighted by Gasteiger charge is -2.40. The van der Waals surface area contributed by atoms with E-state index in [-0.39, 0.29) is 22.8 Å². The van der Waals surface area contributed by atoms with Gasteiger partial charge in [0.15, 0.2) is 16.9 Å². The molecule has 2 aromatic rings. The quantitative estimate of drug-likeness (QED) is 0.466. The van der Waals surface area contributed by atoms with E-state index in [1.807, 2.05) is 13.8 Å². The minimum atomic E-state index is -1.11. The van der Waals surface area contributed by atoms with Gasteiger partial charge in [0.1, 0.15) is 5.56 Å². The predicted octanol–water partition coefficient (Wildman–Crippen LogP) is 3.31. The number of hydrogen-bond donors (Lipinski definition) is 1. The summed E-state index contributed by atoms with van der Waals surface area (Å²) in [5.41, 5.74) is 0.818. The zero-order valence-electron chi connectivity index (χ0n) is 18.7. The van der Waals surface area contributed by atoms with Gasteiger partial charge < -0.3 is 23.9 Å². The first-order valence-corrected chi connectivity index (χ1v) is 10.3. The second-order valence-corrected chi connectivity index (χ2v) is 8.55. The minimum Gasteiger partial charge on any atom is -0.504 e. The Morgan fingerprint density at radius 2 is 1.97 bits per heavy atom. The maximum atomic E-state index is 12.6. The molecule has 3 rings (SSSR count). The summed E-state index contributed by atoms with van der Waals surface area (Å²) in [6.45, 7) is 5.41. The SMILES string of the molecule is COCCCOc1cc2c(cc1O)-c1cc(=O)c(C(=O)N=O)cn1[C@@H](C(C)(C)COC)C2. The summed E-state index contributed by atoms with van der Waals surface area (Å²) in [5, 5.41) is 12.9.